The summed E-state index contributed by atoms with van der Waals surface area (Å²) >= 11 is 0. The zero-order valence-corrected chi connectivity index (χ0v) is 17.7. The van der Waals surface area contributed by atoms with E-state index in [1.54, 1.807) is 0 Å². The molecule has 4 N–H and O–H groups in total. The molecule has 4 rings (SSSR count). The van der Waals surface area contributed by atoms with Gasteiger partial charge in [-0.05, 0) is 63.2 Å². The Morgan fingerprint density at radius 1 is 0.857 bits per heavy atom. The molecule has 1 saturated heterocycles. The van der Waals surface area contributed by atoms with Crippen LogP contribution in [0.3, 0.4) is 0 Å². The summed E-state index contributed by atoms with van der Waals surface area (Å²) < 4.78 is 0. The zero-order chi connectivity index (χ0) is 18.8. The molecule has 1 heterocycles. The van der Waals surface area contributed by atoms with E-state index in [1.165, 1.54) is 32.1 Å². The second kappa shape index (κ2) is 9.66. The van der Waals surface area contributed by atoms with E-state index in [2.05, 4.69) is 10.6 Å². The van der Waals surface area contributed by atoms with Crippen LogP contribution in [0.1, 0.15) is 70.6 Å². The molecule has 0 aromatic heterocycles. The molecule has 3 unspecified atom stereocenters. The summed E-state index contributed by atoms with van der Waals surface area (Å²) in [5.74, 6) is 1.18. The molecule has 0 radical (unpaired) electrons. The van der Waals surface area contributed by atoms with Crippen molar-refractivity contribution in [1.29, 1.82) is 0 Å². The maximum Gasteiger partial charge on any atom is 0.317 e. The van der Waals surface area contributed by atoms with Gasteiger partial charge in [0.2, 0.25) is 5.91 Å². The molecule has 3 atom stereocenters. The van der Waals surface area contributed by atoms with Gasteiger partial charge in [0.05, 0.1) is 5.92 Å². The lowest BCUT2D eigenvalue weighted by Crippen LogP contribution is -2.56. The van der Waals surface area contributed by atoms with Gasteiger partial charge in [0, 0.05) is 31.2 Å². The zero-order valence-electron chi connectivity index (χ0n) is 16.9. The van der Waals surface area contributed by atoms with Crippen molar-refractivity contribution in [2.24, 2.45) is 23.5 Å². The number of amides is 3. The van der Waals surface area contributed by atoms with Crippen LogP contribution in [0.25, 0.3) is 0 Å². The predicted octanol–water partition coefficient (Wildman–Crippen LogP) is 2.79. The summed E-state index contributed by atoms with van der Waals surface area (Å²) in [5.41, 5.74) is 6.22. The van der Waals surface area contributed by atoms with Gasteiger partial charge in [0.25, 0.3) is 0 Å². The van der Waals surface area contributed by atoms with Crippen molar-refractivity contribution in [3.63, 3.8) is 0 Å². The van der Waals surface area contributed by atoms with Crippen LogP contribution in [0, 0.1) is 17.8 Å². The van der Waals surface area contributed by atoms with Crippen molar-refractivity contribution in [3.8, 4) is 0 Å². The minimum atomic E-state index is -0.0654. The number of carbonyl (C=O) groups excluding carboxylic acids is 2. The van der Waals surface area contributed by atoms with Crippen LogP contribution in [0.4, 0.5) is 4.79 Å². The van der Waals surface area contributed by atoms with Crippen LogP contribution >= 0.6 is 12.4 Å². The molecule has 0 spiro atoms. The fraction of sp³-hybridized carbons (Fsp3) is 0.905. The van der Waals surface area contributed by atoms with E-state index >= 15 is 0 Å². The monoisotopic (exact) mass is 412 g/mol. The first kappa shape index (κ1) is 21.7. The molecule has 6 nitrogen and oxygen atoms in total. The smallest absolute Gasteiger partial charge is 0.317 e. The van der Waals surface area contributed by atoms with Crippen LogP contribution in [-0.4, -0.2) is 48.1 Å². The fourth-order valence-corrected chi connectivity index (χ4v) is 6.02. The predicted molar refractivity (Wildman–Crippen MR) is 112 cm³/mol. The van der Waals surface area contributed by atoms with Gasteiger partial charge in [-0.2, -0.15) is 0 Å². The van der Waals surface area contributed by atoms with E-state index in [-0.39, 0.29) is 30.3 Å². The lowest BCUT2D eigenvalue weighted by Gasteiger charge is -2.46. The van der Waals surface area contributed by atoms with Crippen LogP contribution in [0.2, 0.25) is 0 Å². The van der Waals surface area contributed by atoms with Crippen LogP contribution in [-0.2, 0) is 4.79 Å². The summed E-state index contributed by atoms with van der Waals surface area (Å²) in [7, 11) is 0. The van der Waals surface area contributed by atoms with Gasteiger partial charge < -0.3 is 21.3 Å². The minimum Gasteiger partial charge on any atom is -0.353 e. The second-order valence-corrected chi connectivity index (χ2v) is 9.43. The van der Waals surface area contributed by atoms with E-state index < -0.39 is 0 Å². The molecule has 4 fully saturated rings. The third kappa shape index (κ3) is 4.93. The highest BCUT2D eigenvalue weighted by Crippen LogP contribution is 2.39. The van der Waals surface area contributed by atoms with E-state index in [9.17, 15) is 9.59 Å². The van der Waals surface area contributed by atoms with Gasteiger partial charge in [-0.25, -0.2) is 4.79 Å². The number of halogens is 1. The van der Waals surface area contributed by atoms with E-state index in [1.807, 2.05) is 4.90 Å². The molecule has 3 saturated carbocycles. The molecular formula is C21H37ClN4O2. The van der Waals surface area contributed by atoms with Gasteiger partial charge in [-0.3, -0.25) is 4.79 Å². The summed E-state index contributed by atoms with van der Waals surface area (Å²) in [6.45, 7) is 1.33. The Morgan fingerprint density at radius 2 is 1.54 bits per heavy atom. The van der Waals surface area contributed by atoms with Gasteiger partial charge in [-0.15, -0.1) is 12.4 Å². The Kier molecular flexibility index (Phi) is 7.48. The van der Waals surface area contributed by atoms with Crippen molar-refractivity contribution in [2.75, 3.05) is 13.1 Å². The highest BCUT2D eigenvalue weighted by Gasteiger charge is 2.41. The number of nitrogens with two attached hydrogens (primary N) is 1. The normalized spacial score (nSPS) is 35.8. The summed E-state index contributed by atoms with van der Waals surface area (Å²) in [6, 6.07) is 0.962. The Labute approximate surface area is 175 Å². The lowest BCUT2D eigenvalue weighted by molar-refractivity contribution is -0.128. The number of urea groups is 1. The van der Waals surface area contributed by atoms with Gasteiger partial charge in [0.1, 0.15) is 0 Å². The molecule has 160 valence electrons. The molecule has 3 aliphatic carbocycles. The van der Waals surface area contributed by atoms with Crippen molar-refractivity contribution in [3.05, 3.63) is 0 Å². The largest absolute Gasteiger partial charge is 0.353 e. The first-order valence-corrected chi connectivity index (χ1v) is 11.2. The molecule has 7 heteroatoms. The van der Waals surface area contributed by atoms with E-state index in [0.717, 1.165) is 45.1 Å². The third-order valence-electron chi connectivity index (χ3n) is 7.45. The van der Waals surface area contributed by atoms with Crippen LogP contribution in [0.5, 0.6) is 0 Å². The number of carbonyl (C=O) groups is 2. The summed E-state index contributed by atoms with van der Waals surface area (Å²) in [6.07, 6.45) is 12.2. The van der Waals surface area contributed by atoms with Crippen molar-refractivity contribution < 1.29 is 9.59 Å². The molecule has 1 aliphatic heterocycles. The lowest BCUT2D eigenvalue weighted by atomic mass is 9.67. The Bertz CT molecular complexity index is 541. The molecule has 28 heavy (non-hydrogen) atoms. The molecule has 0 aromatic rings. The average Bonchev–Trinajstić information content (AvgIpc) is 3.15. The number of piperidine rings is 1. The third-order valence-corrected chi connectivity index (χ3v) is 7.45. The fourth-order valence-electron chi connectivity index (χ4n) is 6.02. The number of nitrogens with zero attached hydrogens (tertiary/aromatic N) is 1. The first-order valence-electron chi connectivity index (χ1n) is 11.2. The topological polar surface area (TPSA) is 87.5 Å². The Hall–Kier alpha value is -1.01. The van der Waals surface area contributed by atoms with Gasteiger partial charge >= 0.3 is 6.03 Å². The molecule has 3 amide bonds. The van der Waals surface area contributed by atoms with Crippen LogP contribution in [0.15, 0.2) is 0 Å². The van der Waals surface area contributed by atoms with Crippen LogP contribution < -0.4 is 16.4 Å². The number of hydrogen-bond acceptors (Lipinski definition) is 3. The molecule has 0 aromatic carbocycles. The summed E-state index contributed by atoms with van der Waals surface area (Å²) in [5, 5.41) is 6.56. The van der Waals surface area contributed by atoms with Crippen molar-refractivity contribution in [2.45, 2.75) is 88.8 Å². The first-order chi connectivity index (χ1) is 13.1. The number of hydrogen-bond donors (Lipinski definition) is 3. The number of rotatable bonds is 3. The average molecular weight is 413 g/mol. The Balaban J connectivity index is 0.00000225. The van der Waals surface area contributed by atoms with Crippen molar-refractivity contribution in [1.82, 2.24) is 15.5 Å². The SMILES string of the molecule is Cl.NC1CC2CCCC(C1)C2NC(=O)C1CCCN(C(=O)NC2CCCC2)C1. The van der Waals surface area contributed by atoms with Gasteiger partial charge in [0.15, 0.2) is 0 Å². The van der Waals surface area contributed by atoms with E-state index in [0.29, 0.717) is 36.5 Å². The summed E-state index contributed by atoms with van der Waals surface area (Å²) in [4.78, 5) is 27.4. The maximum atomic E-state index is 13.0. The minimum absolute atomic E-state index is 0. The number of likely N-dealkylation sites (tertiary alicyclic amines) is 1. The number of nitrogens with one attached hydrogen (secondary N) is 2. The van der Waals surface area contributed by atoms with Crippen molar-refractivity contribution >= 4 is 24.3 Å². The van der Waals surface area contributed by atoms with Gasteiger partial charge in [-0.1, -0.05) is 19.3 Å². The van der Waals surface area contributed by atoms with E-state index in [4.69, 9.17) is 5.73 Å². The molecule has 4 aliphatic rings. The highest BCUT2D eigenvalue weighted by molar-refractivity contribution is 5.85. The maximum absolute atomic E-state index is 13.0. The second-order valence-electron chi connectivity index (χ2n) is 9.43. The molecular weight excluding hydrogens is 376 g/mol. The standard InChI is InChI=1S/C21H36N4O2.ClH/c22-17-11-14-5-3-6-15(12-17)19(14)24-20(26)16-7-4-10-25(13-16)21(27)23-18-8-1-2-9-18;/h14-19H,1-13,22H2,(H,23,27)(H,24,26);1H. The Morgan fingerprint density at radius 3 is 2.21 bits per heavy atom. The quantitative estimate of drug-likeness (QED) is 0.666. The molecule has 2 bridgehead atoms. The highest BCUT2D eigenvalue weighted by atomic mass is 35.5. The number of fused-ring (bicyclic) bond motifs is 2.